The van der Waals surface area contributed by atoms with Crippen LogP contribution in [0.3, 0.4) is 0 Å². The zero-order valence-corrected chi connectivity index (χ0v) is 15.5. The first kappa shape index (κ1) is 19.6. The van der Waals surface area contributed by atoms with Crippen molar-refractivity contribution < 1.29 is 15.0 Å². The number of anilines is 1. The molecule has 0 fully saturated rings. The molecule has 0 spiro atoms. The average molecular weight is 381 g/mol. The number of nitrogens with one attached hydrogen (secondary N) is 3. The molecule has 0 aliphatic rings. The highest BCUT2D eigenvalue weighted by Crippen LogP contribution is 2.28. The zero-order valence-electron chi connectivity index (χ0n) is 15.5. The van der Waals surface area contributed by atoms with E-state index in [0.29, 0.717) is 29.6 Å². The van der Waals surface area contributed by atoms with Crippen LogP contribution < -0.4 is 16.2 Å². The van der Waals surface area contributed by atoms with Gasteiger partial charge in [-0.2, -0.15) is 0 Å². The normalized spacial score (nSPS) is 12.1. The summed E-state index contributed by atoms with van der Waals surface area (Å²) in [4.78, 5) is 25.1. The van der Waals surface area contributed by atoms with Crippen molar-refractivity contribution in [3.05, 3.63) is 70.0 Å². The number of pyridine rings is 1. The number of aromatic nitrogens is 1. The van der Waals surface area contributed by atoms with Gasteiger partial charge in [-0.1, -0.05) is 18.2 Å². The molecule has 0 aliphatic heterocycles. The molecule has 0 saturated carbocycles. The molecule has 28 heavy (non-hydrogen) atoms. The number of amides is 1. The van der Waals surface area contributed by atoms with Crippen LogP contribution in [0.5, 0.6) is 5.75 Å². The van der Waals surface area contributed by atoms with Crippen molar-refractivity contribution in [1.82, 2.24) is 10.3 Å². The van der Waals surface area contributed by atoms with Crippen molar-refractivity contribution in [3.8, 4) is 5.75 Å². The smallest absolute Gasteiger partial charge is 0.248 e. The molecule has 3 rings (SSSR count). The monoisotopic (exact) mass is 381 g/mol. The summed E-state index contributed by atoms with van der Waals surface area (Å²) in [6, 6.07) is 13.7. The van der Waals surface area contributed by atoms with Crippen molar-refractivity contribution in [2.75, 3.05) is 18.4 Å². The van der Waals surface area contributed by atoms with Gasteiger partial charge >= 0.3 is 0 Å². The molecule has 0 bridgehead atoms. The maximum absolute atomic E-state index is 11.5. The molecule has 5 N–H and O–H groups in total. The number of rotatable bonds is 7. The van der Waals surface area contributed by atoms with E-state index in [9.17, 15) is 19.8 Å². The second kappa shape index (κ2) is 8.69. The Morgan fingerprint density at radius 3 is 2.57 bits per heavy atom. The first-order valence-corrected chi connectivity index (χ1v) is 9.04. The fourth-order valence-corrected chi connectivity index (χ4v) is 3.09. The van der Waals surface area contributed by atoms with Crippen molar-refractivity contribution in [3.63, 3.8) is 0 Å². The average Bonchev–Trinajstić information content (AvgIpc) is 2.66. The molecule has 7 heteroatoms. The van der Waals surface area contributed by atoms with Crippen LogP contribution >= 0.6 is 0 Å². The van der Waals surface area contributed by atoms with Gasteiger partial charge in [-0.25, -0.2) is 0 Å². The summed E-state index contributed by atoms with van der Waals surface area (Å²) < 4.78 is 0. The summed E-state index contributed by atoms with van der Waals surface area (Å²) in [6.07, 6.45) is -0.00683. The Labute approximate surface area is 162 Å². The lowest BCUT2D eigenvalue weighted by molar-refractivity contribution is -0.114. The van der Waals surface area contributed by atoms with E-state index in [0.717, 1.165) is 17.7 Å². The molecule has 1 aromatic heterocycles. The Bertz CT molecular complexity index is 1030. The Balaban J connectivity index is 1.57. The summed E-state index contributed by atoms with van der Waals surface area (Å²) in [7, 11) is 0. The number of hydrogen-bond acceptors (Lipinski definition) is 5. The second-order valence-electron chi connectivity index (χ2n) is 6.63. The molecule has 0 saturated heterocycles. The first-order chi connectivity index (χ1) is 13.4. The van der Waals surface area contributed by atoms with Crippen LogP contribution in [-0.2, 0) is 11.2 Å². The summed E-state index contributed by atoms with van der Waals surface area (Å²) in [5, 5.41) is 27.0. The number of aromatic hydroxyl groups is 1. The highest BCUT2D eigenvalue weighted by Gasteiger charge is 2.13. The Morgan fingerprint density at radius 1 is 1.11 bits per heavy atom. The van der Waals surface area contributed by atoms with Gasteiger partial charge in [-0.3, -0.25) is 9.59 Å². The topological polar surface area (TPSA) is 114 Å². The minimum atomic E-state index is -0.781. The van der Waals surface area contributed by atoms with E-state index >= 15 is 0 Å². The standard InChI is InChI=1S/C21H23N3O4/c1-13(25)23-15-4-2-14(3-5-15)10-11-22-12-19(27)16-6-8-18(26)21-17(16)7-9-20(28)24-21/h2-9,19,22,26-27H,10-12H2,1H3,(H,23,25)(H,24,28)/t19-/m0/s1. The molecule has 2 aromatic carbocycles. The maximum Gasteiger partial charge on any atom is 0.248 e. The van der Waals surface area contributed by atoms with Gasteiger partial charge in [0.25, 0.3) is 0 Å². The number of carbonyl (C=O) groups is 1. The maximum atomic E-state index is 11.5. The highest BCUT2D eigenvalue weighted by molar-refractivity contribution is 5.88. The number of hydrogen-bond donors (Lipinski definition) is 5. The largest absolute Gasteiger partial charge is 0.506 e. The van der Waals surface area contributed by atoms with Crippen LogP contribution in [-0.4, -0.2) is 34.2 Å². The first-order valence-electron chi connectivity index (χ1n) is 9.04. The molecule has 1 amide bonds. The molecular weight excluding hydrogens is 358 g/mol. The number of fused-ring (bicyclic) bond motifs is 1. The minimum absolute atomic E-state index is 0.0284. The van der Waals surface area contributed by atoms with E-state index in [2.05, 4.69) is 15.6 Å². The summed E-state index contributed by atoms with van der Waals surface area (Å²) in [5.74, 6) is -0.131. The number of phenols is 1. The summed E-state index contributed by atoms with van der Waals surface area (Å²) in [6.45, 7) is 2.48. The minimum Gasteiger partial charge on any atom is -0.506 e. The van der Waals surface area contributed by atoms with Gasteiger partial charge in [0.05, 0.1) is 11.6 Å². The third-order valence-corrected chi connectivity index (χ3v) is 4.47. The highest BCUT2D eigenvalue weighted by atomic mass is 16.3. The van der Waals surface area contributed by atoms with E-state index < -0.39 is 6.10 Å². The molecular formula is C21H23N3O4. The van der Waals surface area contributed by atoms with Gasteiger partial charge in [0.2, 0.25) is 11.5 Å². The SMILES string of the molecule is CC(=O)Nc1ccc(CCNC[C@H](O)c2ccc(O)c3[nH]c(=O)ccc23)cc1. The van der Waals surface area contributed by atoms with Crippen molar-refractivity contribution >= 4 is 22.5 Å². The van der Waals surface area contributed by atoms with Crippen LogP contribution in [0.4, 0.5) is 5.69 Å². The lowest BCUT2D eigenvalue weighted by atomic mass is 10.0. The van der Waals surface area contributed by atoms with Gasteiger partial charge in [0.15, 0.2) is 0 Å². The molecule has 7 nitrogen and oxygen atoms in total. The van der Waals surface area contributed by atoms with Crippen LogP contribution in [0.15, 0.2) is 53.3 Å². The van der Waals surface area contributed by atoms with Crippen LogP contribution in [0.2, 0.25) is 0 Å². The lowest BCUT2D eigenvalue weighted by Gasteiger charge is -2.15. The number of benzene rings is 2. The van der Waals surface area contributed by atoms with E-state index in [1.807, 2.05) is 24.3 Å². The van der Waals surface area contributed by atoms with Crippen molar-refractivity contribution in [1.29, 1.82) is 0 Å². The van der Waals surface area contributed by atoms with E-state index in [4.69, 9.17) is 0 Å². The molecule has 0 aliphatic carbocycles. The number of aliphatic hydroxyl groups excluding tert-OH is 1. The molecule has 3 aromatic rings. The Hall–Kier alpha value is -3.16. The Kier molecular flexibility index (Phi) is 6.08. The predicted octanol–water partition coefficient (Wildman–Crippen LogP) is 2.06. The van der Waals surface area contributed by atoms with Gasteiger partial charge in [-0.05, 0) is 48.4 Å². The molecule has 0 unspecified atom stereocenters. The second-order valence-corrected chi connectivity index (χ2v) is 6.63. The van der Waals surface area contributed by atoms with Gasteiger partial charge in [0, 0.05) is 30.6 Å². The summed E-state index contributed by atoms with van der Waals surface area (Å²) in [5.41, 5.74) is 2.53. The lowest BCUT2D eigenvalue weighted by Crippen LogP contribution is -2.24. The number of phenolic OH excluding ortho intramolecular Hbond substituents is 1. The third kappa shape index (κ3) is 4.76. The molecule has 0 radical (unpaired) electrons. The van der Waals surface area contributed by atoms with Crippen molar-refractivity contribution in [2.24, 2.45) is 0 Å². The van der Waals surface area contributed by atoms with E-state index in [1.165, 1.54) is 19.1 Å². The number of H-pyrrole nitrogens is 1. The van der Waals surface area contributed by atoms with Crippen LogP contribution in [0.1, 0.15) is 24.2 Å². The van der Waals surface area contributed by atoms with Gasteiger partial charge < -0.3 is 25.8 Å². The van der Waals surface area contributed by atoms with Crippen LogP contribution in [0.25, 0.3) is 10.9 Å². The molecule has 1 heterocycles. The predicted molar refractivity (Wildman–Crippen MR) is 109 cm³/mol. The van der Waals surface area contributed by atoms with Gasteiger partial charge in [0.1, 0.15) is 5.75 Å². The number of carbonyl (C=O) groups excluding carboxylic acids is 1. The number of aliphatic hydroxyl groups is 1. The van der Waals surface area contributed by atoms with E-state index in [-0.39, 0.29) is 17.2 Å². The van der Waals surface area contributed by atoms with Crippen LogP contribution in [0, 0.1) is 0 Å². The summed E-state index contributed by atoms with van der Waals surface area (Å²) >= 11 is 0. The fourth-order valence-electron chi connectivity index (χ4n) is 3.09. The Morgan fingerprint density at radius 2 is 1.86 bits per heavy atom. The van der Waals surface area contributed by atoms with E-state index in [1.54, 1.807) is 12.1 Å². The fraction of sp³-hybridized carbons (Fsp3) is 0.238. The van der Waals surface area contributed by atoms with Crippen molar-refractivity contribution in [2.45, 2.75) is 19.4 Å². The van der Waals surface area contributed by atoms with Gasteiger partial charge in [-0.15, -0.1) is 0 Å². The molecule has 146 valence electrons. The zero-order chi connectivity index (χ0) is 20.1. The number of aromatic amines is 1. The molecule has 1 atom stereocenters. The third-order valence-electron chi connectivity index (χ3n) is 4.47. The quantitative estimate of drug-likeness (QED) is 0.402.